The van der Waals surface area contributed by atoms with Crippen LogP contribution >= 0.6 is 27.7 Å². The smallest absolute Gasteiger partial charge is 0.179 e. The molecule has 0 radical (unpaired) electrons. The number of ketones is 2. The van der Waals surface area contributed by atoms with Gasteiger partial charge in [-0.25, -0.2) is 0 Å². The second-order valence-electron chi connectivity index (χ2n) is 6.79. The van der Waals surface area contributed by atoms with Crippen LogP contribution in [0.15, 0.2) is 88.7 Å². The van der Waals surface area contributed by atoms with Crippen LogP contribution in [0, 0.1) is 0 Å². The number of ether oxygens (including phenoxy) is 1. The van der Waals surface area contributed by atoms with E-state index < -0.39 is 4.32 Å². The zero-order valence-corrected chi connectivity index (χ0v) is 18.6. The van der Waals surface area contributed by atoms with E-state index in [9.17, 15) is 9.59 Å². The van der Waals surface area contributed by atoms with Gasteiger partial charge in [-0.05, 0) is 55.5 Å². The Morgan fingerprint density at radius 2 is 1.41 bits per heavy atom. The van der Waals surface area contributed by atoms with Crippen molar-refractivity contribution in [2.24, 2.45) is 0 Å². The summed E-state index contributed by atoms with van der Waals surface area (Å²) in [6.07, 6.45) is 0.0681. The lowest BCUT2D eigenvalue weighted by molar-refractivity contribution is 0.0888. The van der Waals surface area contributed by atoms with E-state index in [0.717, 1.165) is 9.79 Å². The molecule has 3 aromatic rings. The Morgan fingerprint density at radius 1 is 0.862 bits per heavy atom. The van der Waals surface area contributed by atoms with Crippen molar-refractivity contribution < 1.29 is 14.3 Å². The molecule has 0 aromatic heterocycles. The van der Waals surface area contributed by atoms with Crippen LogP contribution in [-0.2, 0) is 0 Å². The Kier molecular flexibility index (Phi) is 6.93. The van der Waals surface area contributed by atoms with Crippen LogP contribution in [0.3, 0.4) is 0 Å². The van der Waals surface area contributed by atoms with Gasteiger partial charge in [0, 0.05) is 27.3 Å². The van der Waals surface area contributed by atoms with Gasteiger partial charge in [0.25, 0.3) is 0 Å². The highest BCUT2D eigenvalue weighted by Crippen LogP contribution is 2.31. The quantitative estimate of drug-likeness (QED) is 0.281. The van der Waals surface area contributed by atoms with Crippen LogP contribution in [-0.4, -0.2) is 23.0 Å². The molecule has 0 aliphatic rings. The summed E-state index contributed by atoms with van der Waals surface area (Å²) < 4.78 is 4.14. The molecule has 0 bridgehead atoms. The molecule has 3 aromatic carbocycles. The van der Waals surface area contributed by atoms with Crippen molar-refractivity contribution in [1.29, 1.82) is 0 Å². The van der Waals surface area contributed by atoms with E-state index in [1.807, 2.05) is 54.6 Å². The van der Waals surface area contributed by atoms with Crippen LogP contribution in [0.1, 0.15) is 34.1 Å². The second kappa shape index (κ2) is 9.42. The monoisotopic (exact) mass is 468 g/mol. The van der Waals surface area contributed by atoms with Gasteiger partial charge in [0.1, 0.15) is 5.75 Å². The summed E-state index contributed by atoms with van der Waals surface area (Å²) in [6.45, 7) is 1.74. The van der Waals surface area contributed by atoms with Gasteiger partial charge in [-0.2, -0.15) is 0 Å². The Hall–Kier alpha value is -2.37. The average molecular weight is 469 g/mol. The van der Waals surface area contributed by atoms with E-state index in [-0.39, 0.29) is 18.0 Å². The molecule has 29 heavy (non-hydrogen) atoms. The number of hydrogen-bond donors (Lipinski definition) is 0. The summed E-state index contributed by atoms with van der Waals surface area (Å²) in [7, 11) is 1.58. The van der Waals surface area contributed by atoms with Gasteiger partial charge < -0.3 is 4.74 Å². The van der Waals surface area contributed by atoms with Crippen LogP contribution < -0.4 is 4.74 Å². The molecule has 0 aliphatic carbocycles. The number of benzene rings is 3. The number of rotatable bonds is 8. The molecule has 0 N–H and O–H groups in total. The number of carbonyl (C=O) groups excluding carboxylic acids is 2. The van der Waals surface area contributed by atoms with Crippen molar-refractivity contribution in [3.05, 3.63) is 90.0 Å². The molecule has 1 atom stereocenters. The van der Waals surface area contributed by atoms with Crippen LogP contribution in [0.4, 0.5) is 0 Å². The van der Waals surface area contributed by atoms with E-state index in [0.29, 0.717) is 16.9 Å². The molecular weight excluding hydrogens is 448 g/mol. The predicted octanol–water partition coefficient (Wildman–Crippen LogP) is 6.46. The molecule has 0 spiro atoms. The third-order valence-electron chi connectivity index (χ3n) is 4.47. The Labute approximate surface area is 183 Å². The third kappa shape index (κ3) is 5.58. The van der Waals surface area contributed by atoms with Crippen LogP contribution in [0.5, 0.6) is 5.75 Å². The lowest BCUT2D eigenvalue weighted by Gasteiger charge is -2.20. The molecule has 3 nitrogen and oxygen atoms in total. The summed E-state index contributed by atoms with van der Waals surface area (Å²) >= 11 is 5.12. The number of carbonyl (C=O) groups is 2. The third-order valence-corrected chi connectivity index (χ3v) is 6.13. The van der Waals surface area contributed by atoms with Crippen LogP contribution in [0.25, 0.3) is 0 Å². The molecule has 148 valence electrons. The van der Waals surface area contributed by atoms with Gasteiger partial charge in [0.15, 0.2) is 11.6 Å². The zero-order chi connectivity index (χ0) is 20.9. The first kappa shape index (κ1) is 21.3. The number of alkyl halides is 1. The van der Waals surface area contributed by atoms with Gasteiger partial charge >= 0.3 is 0 Å². The minimum atomic E-state index is -0.974. The standard InChI is InChI=1S/C24H21BrO3S/c1-24(25,16-22(26)17-8-12-19(28-2)13-9-17)23(27)18-10-14-21(15-11-18)29-20-6-4-3-5-7-20/h3-15H,16H2,1-2H3. The molecule has 0 saturated heterocycles. The van der Waals surface area contributed by atoms with E-state index in [1.165, 1.54) is 0 Å². The van der Waals surface area contributed by atoms with Crippen molar-refractivity contribution in [3.8, 4) is 5.75 Å². The largest absolute Gasteiger partial charge is 0.497 e. The van der Waals surface area contributed by atoms with Crippen molar-refractivity contribution in [1.82, 2.24) is 0 Å². The molecule has 0 saturated carbocycles. The lowest BCUT2D eigenvalue weighted by Crippen LogP contribution is -2.31. The number of methoxy groups -OCH3 is 1. The van der Waals surface area contributed by atoms with E-state index in [1.54, 1.807) is 50.1 Å². The Bertz CT molecular complexity index is 981. The zero-order valence-electron chi connectivity index (χ0n) is 16.2. The minimum absolute atomic E-state index is 0.0681. The maximum Gasteiger partial charge on any atom is 0.179 e. The summed E-state index contributed by atoms with van der Waals surface area (Å²) in [4.78, 5) is 27.8. The van der Waals surface area contributed by atoms with Crippen molar-refractivity contribution in [2.45, 2.75) is 27.5 Å². The fourth-order valence-corrected chi connectivity index (χ4v) is 4.18. The fourth-order valence-electron chi connectivity index (χ4n) is 2.86. The lowest BCUT2D eigenvalue weighted by atomic mass is 9.92. The van der Waals surface area contributed by atoms with Crippen LogP contribution in [0.2, 0.25) is 0 Å². The molecule has 3 rings (SSSR count). The highest BCUT2D eigenvalue weighted by Gasteiger charge is 2.33. The first-order chi connectivity index (χ1) is 13.9. The average Bonchev–Trinajstić information content (AvgIpc) is 2.74. The maximum atomic E-state index is 13.0. The number of Topliss-reactive ketones (excluding diaryl/α,β-unsaturated/α-hetero) is 2. The summed E-state index contributed by atoms with van der Waals surface area (Å²) in [5, 5.41) is 0. The van der Waals surface area contributed by atoms with Gasteiger partial charge in [-0.3, -0.25) is 9.59 Å². The second-order valence-corrected chi connectivity index (χ2v) is 9.69. The first-order valence-corrected chi connectivity index (χ1v) is 10.7. The van der Waals surface area contributed by atoms with Crippen molar-refractivity contribution in [3.63, 3.8) is 0 Å². The normalized spacial score (nSPS) is 12.8. The molecule has 0 amide bonds. The van der Waals surface area contributed by atoms with E-state index in [4.69, 9.17) is 4.74 Å². The number of hydrogen-bond acceptors (Lipinski definition) is 4. The van der Waals surface area contributed by atoms with E-state index in [2.05, 4.69) is 15.9 Å². The minimum Gasteiger partial charge on any atom is -0.497 e. The van der Waals surface area contributed by atoms with Gasteiger partial charge in [0.2, 0.25) is 0 Å². The predicted molar refractivity (Wildman–Crippen MR) is 121 cm³/mol. The summed E-state index contributed by atoms with van der Waals surface area (Å²) in [5.74, 6) is 0.472. The topological polar surface area (TPSA) is 43.4 Å². The fraction of sp³-hybridized carbons (Fsp3) is 0.167. The Balaban J connectivity index is 1.68. The molecular formula is C24H21BrO3S. The van der Waals surface area contributed by atoms with Gasteiger partial charge in [-0.15, -0.1) is 0 Å². The van der Waals surface area contributed by atoms with Crippen molar-refractivity contribution >= 4 is 39.3 Å². The summed E-state index contributed by atoms with van der Waals surface area (Å²) in [5.41, 5.74) is 1.13. The first-order valence-electron chi connectivity index (χ1n) is 9.13. The molecule has 1 unspecified atom stereocenters. The summed E-state index contributed by atoms with van der Waals surface area (Å²) in [6, 6.07) is 24.5. The highest BCUT2D eigenvalue weighted by atomic mass is 79.9. The number of halogens is 1. The molecule has 0 heterocycles. The molecule has 5 heteroatoms. The van der Waals surface area contributed by atoms with E-state index >= 15 is 0 Å². The Morgan fingerprint density at radius 3 is 2.00 bits per heavy atom. The molecule has 0 fully saturated rings. The van der Waals surface area contributed by atoms with Crippen molar-refractivity contribution in [2.75, 3.05) is 7.11 Å². The highest BCUT2D eigenvalue weighted by molar-refractivity contribution is 9.10. The molecule has 0 aliphatic heterocycles. The SMILES string of the molecule is COc1ccc(C(=O)CC(C)(Br)C(=O)c2ccc(Sc3ccccc3)cc2)cc1. The maximum absolute atomic E-state index is 13.0. The van der Waals surface area contributed by atoms with Gasteiger partial charge in [-0.1, -0.05) is 58.0 Å². The van der Waals surface area contributed by atoms with Gasteiger partial charge in [0.05, 0.1) is 11.4 Å².